The molecule has 0 amide bonds. The number of aromatic nitrogens is 2. The molecule has 6 nitrogen and oxygen atoms in total. The standard InChI is InChI=1S/C21H29ClN6/c1-27-10-12-28(13-11-27)18-8-6-17(7-9-18)25-21-24-15-19(22)20(26-21)23-14-16-4-2-3-5-16/h6-9,15-16H,2-5,10-14H2,1H3,(H2,23,24,25,26). The summed E-state index contributed by atoms with van der Waals surface area (Å²) in [4.78, 5) is 13.7. The van der Waals surface area contributed by atoms with Crippen molar-refractivity contribution >= 4 is 34.7 Å². The number of nitrogens with one attached hydrogen (secondary N) is 2. The molecule has 1 aromatic carbocycles. The fraction of sp³-hybridized carbons (Fsp3) is 0.524. The molecule has 1 saturated carbocycles. The van der Waals surface area contributed by atoms with E-state index >= 15 is 0 Å². The van der Waals surface area contributed by atoms with Crippen molar-refractivity contribution in [3.63, 3.8) is 0 Å². The van der Waals surface area contributed by atoms with Crippen LogP contribution in [0.2, 0.25) is 5.02 Å². The Morgan fingerprint density at radius 1 is 1.07 bits per heavy atom. The van der Waals surface area contributed by atoms with Crippen molar-refractivity contribution in [2.75, 3.05) is 55.3 Å². The van der Waals surface area contributed by atoms with E-state index in [-0.39, 0.29) is 0 Å². The van der Waals surface area contributed by atoms with E-state index in [1.54, 1.807) is 6.20 Å². The minimum Gasteiger partial charge on any atom is -0.369 e. The maximum Gasteiger partial charge on any atom is 0.229 e. The van der Waals surface area contributed by atoms with Gasteiger partial charge in [0.1, 0.15) is 5.02 Å². The predicted molar refractivity (Wildman–Crippen MR) is 117 cm³/mol. The Balaban J connectivity index is 1.37. The fourth-order valence-electron chi connectivity index (χ4n) is 3.96. The number of likely N-dealkylation sites (N-methyl/N-ethyl adjacent to an activating group) is 1. The second-order valence-electron chi connectivity index (χ2n) is 7.88. The van der Waals surface area contributed by atoms with E-state index in [9.17, 15) is 0 Å². The van der Waals surface area contributed by atoms with Gasteiger partial charge in [-0.25, -0.2) is 4.98 Å². The normalized spacial score (nSPS) is 18.4. The Morgan fingerprint density at radius 3 is 2.50 bits per heavy atom. The summed E-state index contributed by atoms with van der Waals surface area (Å²) in [6.07, 6.45) is 6.91. The van der Waals surface area contributed by atoms with Crippen LogP contribution >= 0.6 is 11.6 Å². The molecule has 2 N–H and O–H groups in total. The Morgan fingerprint density at radius 2 is 1.79 bits per heavy atom. The second-order valence-corrected chi connectivity index (χ2v) is 8.29. The van der Waals surface area contributed by atoms with Gasteiger partial charge in [-0.1, -0.05) is 24.4 Å². The van der Waals surface area contributed by atoms with Crippen molar-refractivity contribution < 1.29 is 0 Å². The van der Waals surface area contributed by atoms with Crippen LogP contribution in [0.4, 0.5) is 23.1 Å². The van der Waals surface area contributed by atoms with E-state index in [1.807, 2.05) is 0 Å². The molecule has 4 rings (SSSR count). The van der Waals surface area contributed by atoms with Crippen LogP contribution in [0.1, 0.15) is 25.7 Å². The summed E-state index contributed by atoms with van der Waals surface area (Å²) in [5.74, 6) is 2.00. The molecule has 1 aliphatic carbocycles. The molecule has 1 saturated heterocycles. The summed E-state index contributed by atoms with van der Waals surface area (Å²) in [5.41, 5.74) is 2.23. The van der Waals surface area contributed by atoms with E-state index < -0.39 is 0 Å². The zero-order valence-corrected chi connectivity index (χ0v) is 17.3. The Bertz CT molecular complexity index is 767. The summed E-state index contributed by atoms with van der Waals surface area (Å²) in [6, 6.07) is 8.47. The van der Waals surface area contributed by atoms with Crippen LogP contribution in [-0.4, -0.2) is 54.6 Å². The van der Waals surface area contributed by atoms with Gasteiger partial charge in [0.25, 0.3) is 0 Å². The average molecular weight is 401 g/mol. The first-order valence-corrected chi connectivity index (χ1v) is 10.6. The highest BCUT2D eigenvalue weighted by molar-refractivity contribution is 6.32. The average Bonchev–Trinajstić information content (AvgIpc) is 3.23. The molecule has 1 aliphatic heterocycles. The van der Waals surface area contributed by atoms with Gasteiger partial charge < -0.3 is 20.4 Å². The van der Waals surface area contributed by atoms with Gasteiger partial charge in [-0.15, -0.1) is 0 Å². The highest BCUT2D eigenvalue weighted by Gasteiger charge is 2.16. The Hall–Kier alpha value is -2.05. The second kappa shape index (κ2) is 8.97. The van der Waals surface area contributed by atoms with E-state index in [0.717, 1.165) is 44.3 Å². The Kier molecular flexibility index (Phi) is 6.17. The van der Waals surface area contributed by atoms with Crippen molar-refractivity contribution in [3.8, 4) is 0 Å². The lowest BCUT2D eigenvalue weighted by Gasteiger charge is -2.34. The third kappa shape index (κ3) is 4.86. The van der Waals surface area contributed by atoms with Gasteiger partial charge in [0.2, 0.25) is 5.95 Å². The molecule has 0 radical (unpaired) electrons. The molecular weight excluding hydrogens is 372 g/mol. The maximum absolute atomic E-state index is 6.28. The summed E-state index contributed by atoms with van der Waals surface area (Å²) in [7, 11) is 2.17. The lowest BCUT2D eigenvalue weighted by Crippen LogP contribution is -2.44. The van der Waals surface area contributed by atoms with Crippen LogP contribution in [0, 0.1) is 5.92 Å². The SMILES string of the molecule is CN1CCN(c2ccc(Nc3ncc(Cl)c(NCC4CCCC4)n3)cc2)CC1. The molecule has 2 aliphatic rings. The van der Waals surface area contributed by atoms with Crippen molar-refractivity contribution in [1.82, 2.24) is 14.9 Å². The zero-order valence-electron chi connectivity index (χ0n) is 16.5. The minimum atomic E-state index is 0.561. The number of anilines is 4. The third-order valence-electron chi connectivity index (χ3n) is 5.77. The van der Waals surface area contributed by atoms with Crippen LogP contribution in [0.15, 0.2) is 30.5 Å². The van der Waals surface area contributed by atoms with Crippen molar-refractivity contribution in [3.05, 3.63) is 35.5 Å². The van der Waals surface area contributed by atoms with Gasteiger partial charge in [0.15, 0.2) is 5.82 Å². The monoisotopic (exact) mass is 400 g/mol. The van der Waals surface area contributed by atoms with Gasteiger partial charge in [-0.2, -0.15) is 4.98 Å². The highest BCUT2D eigenvalue weighted by atomic mass is 35.5. The van der Waals surface area contributed by atoms with Crippen molar-refractivity contribution in [1.29, 1.82) is 0 Å². The van der Waals surface area contributed by atoms with Gasteiger partial charge in [0, 0.05) is 44.1 Å². The summed E-state index contributed by atoms with van der Waals surface area (Å²) in [5, 5.41) is 7.26. The largest absolute Gasteiger partial charge is 0.369 e. The molecule has 0 bridgehead atoms. The number of hydrogen-bond acceptors (Lipinski definition) is 6. The topological polar surface area (TPSA) is 56.3 Å². The van der Waals surface area contributed by atoms with Crippen molar-refractivity contribution in [2.45, 2.75) is 25.7 Å². The fourth-order valence-corrected chi connectivity index (χ4v) is 4.11. The first-order chi connectivity index (χ1) is 13.7. The summed E-state index contributed by atoms with van der Waals surface area (Å²) >= 11 is 6.28. The summed E-state index contributed by atoms with van der Waals surface area (Å²) < 4.78 is 0. The van der Waals surface area contributed by atoms with E-state index in [2.05, 4.69) is 61.7 Å². The van der Waals surface area contributed by atoms with Crippen LogP contribution in [0.5, 0.6) is 0 Å². The van der Waals surface area contributed by atoms with Gasteiger partial charge >= 0.3 is 0 Å². The molecular formula is C21H29ClN6. The zero-order chi connectivity index (χ0) is 19.3. The summed E-state index contributed by atoms with van der Waals surface area (Å²) in [6.45, 7) is 5.28. The van der Waals surface area contributed by atoms with E-state index in [4.69, 9.17) is 11.6 Å². The molecule has 2 fully saturated rings. The van der Waals surface area contributed by atoms with Crippen LogP contribution in [-0.2, 0) is 0 Å². The number of hydrogen-bond donors (Lipinski definition) is 2. The number of piperazine rings is 1. The van der Waals surface area contributed by atoms with E-state index in [0.29, 0.717) is 16.8 Å². The number of rotatable bonds is 6. The molecule has 2 aromatic rings. The third-order valence-corrected chi connectivity index (χ3v) is 6.05. The van der Waals surface area contributed by atoms with Crippen LogP contribution < -0.4 is 15.5 Å². The minimum absolute atomic E-state index is 0.561. The van der Waals surface area contributed by atoms with Crippen LogP contribution in [0.25, 0.3) is 0 Å². The molecule has 0 spiro atoms. The van der Waals surface area contributed by atoms with Gasteiger partial charge in [0.05, 0.1) is 6.20 Å². The predicted octanol–water partition coefficient (Wildman–Crippen LogP) is 4.23. The van der Waals surface area contributed by atoms with Gasteiger partial charge in [-0.3, -0.25) is 0 Å². The molecule has 7 heteroatoms. The smallest absolute Gasteiger partial charge is 0.229 e. The van der Waals surface area contributed by atoms with Gasteiger partial charge in [-0.05, 0) is 50.1 Å². The Labute approximate surface area is 172 Å². The first kappa shape index (κ1) is 19.3. The van der Waals surface area contributed by atoms with E-state index in [1.165, 1.54) is 31.4 Å². The molecule has 150 valence electrons. The molecule has 1 aromatic heterocycles. The number of nitrogens with zero attached hydrogens (tertiary/aromatic N) is 4. The highest BCUT2D eigenvalue weighted by Crippen LogP contribution is 2.27. The van der Waals surface area contributed by atoms with Crippen LogP contribution in [0.3, 0.4) is 0 Å². The number of benzene rings is 1. The molecule has 0 unspecified atom stereocenters. The molecule has 2 heterocycles. The quantitative estimate of drug-likeness (QED) is 0.756. The van der Waals surface area contributed by atoms with Crippen molar-refractivity contribution in [2.24, 2.45) is 5.92 Å². The lowest BCUT2D eigenvalue weighted by molar-refractivity contribution is 0.313. The maximum atomic E-state index is 6.28. The number of halogens is 1. The first-order valence-electron chi connectivity index (χ1n) is 10.2. The molecule has 28 heavy (non-hydrogen) atoms. The molecule has 0 atom stereocenters. The lowest BCUT2D eigenvalue weighted by atomic mass is 10.1.